The number of esters is 1. The largest absolute Gasteiger partial charge is 0.449 e. The number of carbonyl (C=O) groups is 2. The molecule has 1 amide bonds. The van der Waals surface area contributed by atoms with Gasteiger partial charge in [-0.1, -0.05) is 37.5 Å². The van der Waals surface area contributed by atoms with Crippen molar-refractivity contribution in [3.05, 3.63) is 41.7 Å². The molecule has 0 heterocycles. The maximum atomic E-state index is 13.5. The third-order valence-corrected chi connectivity index (χ3v) is 4.81. The highest BCUT2D eigenvalue weighted by molar-refractivity contribution is 5.90. The molecule has 1 aromatic rings. The van der Waals surface area contributed by atoms with Crippen molar-refractivity contribution in [3.63, 3.8) is 0 Å². The summed E-state index contributed by atoms with van der Waals surface area (Å²) in [5, 5.41) is 9.56. The predicted molar refractivity (Wildman–Crippen MR) is 95.2 cm³/mol. The van der Waals surface area contributed by atoms with Gasteiger partial charge in [-0.3, -0.25) is 4.79 Å². The van der Waals surface area contributed by atoms with Crippen molar-refractivity contribution in [2.75, 3.05) is 7.05 Å². The molecule has 1 aliphatic carbocycles. The normalized spacial score (nSPS) is 17.3. The van der Waals surface area contributed by atoms with Crippen molar-refractivity contribution in [2.24, 2.45) is 0 Å². The minimum atomic E-state index is -1.02. The second-order valence-electron chi connectivity index (χ2n) is 6.54. The number of hydrogen-bond donors (Lipinski definition) is 0. The van der Waals surface area contributed by atoms with Crippen LogP contribution in [0, 0.1) is 17.1 Å². The topological polar surface area (TPSA) is 70.4 Å². The van der Waals surface area contributed by atoms with Crippen LogP contribution in [0.2, 0.25) is 0 Å². The van der Waals surface area contributed by atoms with Crippen LogP contribution in [0.1, 0.15) is 44.6 Å². The van der Waals surface area contributed by atoms with Crippen molar-refractivity contribution < 1.29 is 18.7 Å². The zero-order valence-corrected chi connectivity index (χ0v) is 15.1. The molecule has 0 saturated heterocycles. The Kier molecular flexibility index (Phi) is 6.51. The van der Waals surface area contributed by atoms with Gasteiger partial charge in [-0.2, -0.15) is 5.26 Å². The Morgan fingerprint density at radius 2 is 1.96 bits per heavy atom. The first-order chi connectivity index (χ1) is 12.4. The molecule has 0 bridgehead atoms. The van der Waals surface area contributed by atoms with Crippen molar-refractivity contribution in [1.82, 2.24) is 4.90 Å². The Morgan fingerprint density at radius 1 is 1.31 bits per heavy atom. The molecule has 6 heteroatoms. The monoisotopic (exact) mass is 358 g/mol. The molecular formula is C20H23FN2O3. The van der Waals surface area contributed by atoms with E-state index in [-0.39, 0.29) is 5.56 Å². The van der Waals surface area contributed by atoms with E-state index in [1.165, 1.54) is 30.0 Å². The van der Waals surface area contributed by atoms with Gasteiger partial charge in [0.2, 0.25) is 0 Å². The Labute approximate surface area is 153 Å². The molecule has 1 saturated carbocycles. The van der Waals surface area contributed by atoms with E-state index in [0.717, 1.165) is 25.3 Å². The number of hydrogen-bond acceptors (Lipinski definition) is 4. The number of rotatable bonds is 5. The third kappa shape index (κ3) is 4.48. The molecule has 1 fully saturated rings. The molecule has 1 aromatic carbocycles. The van der Waals surface area contributed by atoms with Crippen LogP contribution in [0.5, 0.6) is 0 Å². The lowest BCUT2D eigenvalue weighted by Gasteiger charge is -2.39. The number of likely N-dealkylation sites (N-methyl/N-ethyl adjacent to an activating group) is 1. The summed E-state index contributed by atoms with van der Waals surface area (Å²) in [6, 6.07) is 8.29. The maximum absolute atomic E-state index is 13.5. The van der Waals surface area contributed by atoms with Crippen LogP contribution < -0.4 is 0 Å². The highest BCUT2D eigenvalue weighted by atomic mass is 19.1. The number of nitriles is 1. The lowest BCUT2D eigenvalue weighted by Crippen LogP contribution is -2.53. The van der Waals surface area contributed by atoms with E-state index in [4.69, 9.17) is 4.74 Å². The second kappa shape index (κ2) is 8.61. The van der Waals surface area contributed by atoms with Crippen LogP contribution in [0.4, 0.5) is 4.39 Å². The Hall–Kier alpha value is -2.68. The highest BCUT2D eigenvalue weighted by Gasteiger charge is 2.40. The number of ether oxygens (including phenoxy) is 1. The van der Waals surface area contributed by atoms with Crippen LogP contribution in [-0.2, 0) is 14.3 Å². The van der Waals surface area contributed by atoms with Crippen molar-refractivity contribution in [1.29, 1.82) is 5.26 Å². The molecule has 1 aliphatic rings. The van der Waals surface area contributed by atoms with Crippen molar-refractivity contribution in [2.45, 2.75) is 50.7 Å². The first kappa shape index (κ1) is 19.6. The molecule has 0 N–H and O–H groups in total. The standard InChI is InChI=1S/C20H23FN2O3/c1-15(19(25)23(2)20(14-22)12-6-3-7-13-20)26-18(24)11-10-16-8-4-5-9-17(16)21/h4-5,8-11,15H,3,6-7,12-13H2,1-2H3/b11-10+/t15-/m0/s1. The Bertz CT molecular complexity index is 733. The molecule has 0 spiro atoms. The van der Waals surface area contributed by atoms with E-state index < -0.39 is 29.3 Å². The Balaban J connectivity index is 1.98. The van der Waals surface area contributed by atoms with Gasteiger partial charge in [0.1, 0.15) is 11.4 Å². The smallest absolute Gasteiger partial charge is 0.331 e. The number of halogens is 1. The summed E-state index contributed by atoms with van der Waals surface area (Å²) in [6.45, 7) is 1.47. The van der Waals surface area contributed by atoms with Crippen molar-refractivity contribution >= 4 is 18.0 Å². The molecule has 26 heavy (non-hydrogen) atoms. The molecule has 138 valence electrons. The minimum Gasteiger partial charge on any atom is -0.449 e. The minimum absolute atomic E-state index is 0.256. The first-order valence-electron chi connectivity index (χ1n) is 8.72. The lowest BCUT2D eigenvalue weighted by molar-refractivity contribution is -0.157. The summed E-state index contributed by atoms with van der Waals surface area (Å²) >= 11 is 0. The summed E-state index contributed by atoms with van der Waals surface area (Å²) in [5.41, 5.74) is -0.579. The molecule has 0 aromatic heterocycles. The van der Waals surface area contributed by atoms with Gasteiger partial charge >= 0.3 is 5.97 Å². The fraction of sp³-hybridized carbons (Fsp3) is 0.450. The summed E-state index contributed by atoms with van der Waals surface area (Å²) < 4.78 is 18.7. The average Bonchev–Trinajstić information content (AvgIpc) is 2.66. The molecule has 2 rings (SSSR count). The van der Waals surface area contributed by atoms with E-state index in [0.29, 0.717) is 12.8 Å². The van der Waals surface area contributed by atoms with E-state index in [9.17, 15) is 19.2 Å². The summed E-state index contributed by atoms with van der Waals surface area (Å²) in [6.07, 6.45) is 5.45. The molecular weight excluding hydrogens is 335 g/mol. The van der Waals surface area contributed by atoms with Gasteiger partial charge in [-0.15, -0.1) is 0 Å². The molecule has 0 radical (unpaired) electrons. The van der Waals surface area contributed by atoms with Gasteiger partial charge in [0.05, 0.1) is 6.07 Å². The molecule has 1 atom stereocenters. The van der Waals surface area contributed by atoms with E-state index in [1.54, 1.807) is 19.2 Å². The third-order valence-electron chi connectivity index (χ3n) is 4.81. The zero-order chi connectivity index (χ0) is 19.2. The van der Waals surface area contributed by atoms with Gasteiger partial charge in [0.25, 0.3) is 5.91 Å². The predicted octanol–water partition coefficient (Wildman–Crippen LogP) is 3.46. The summed E-state index contributed by atoms with van der Waals surface area (Å²) in [4.78, 5) is 25.9. The number of benzene rings is 1. The Morgan fingerprint density at radius 3 is 2.58 bits per heavy atom. The number of carbonyl (C=O) groups excluding carboxylic acids is 2. The van der Waals surface area contributed by atoms with Crippen LogP contribution in [0.3, 0.4) is 0 Å². The quantitative estimate of drug-likeness (QED) is 0.597. The number of nitrogens with zero attached hydrogens (tertiary/aromatic N) is 2. The fourth-order valence-electron chi connectivity index (χ4n) is 3.17. The average molecular weight is 358 g/mol. The maximum Gasteiger partial charge on any atom is 0.331 e. The molecule has 0 unspecified atom stereocenters. The lowest BCUT2D eigenvalue weighted by atomic mass is 9.81. The van der Waals surface area contributed by atoms with Gasteiger partial charge < -0.3 is 9.64 Å². The van der Waals surface area contributed by atoms with Gasteiger partial charge in [0.15, 0.2) is 6.10 Å². The first-order valence-corrected chi connectivity index (χ1v) is 8.72. The van der Waals surface area contributed by atoms with Gasteiger partial charge in [0, 0.05) is 18.7 Å². The van der Waals surface area contributed by atoms with Crippen LogP contribution in [0.25, 0.3) is 6.08 Å². The SMILES string of the molecule is C[C@H](OC(=O)/C=C/c1ccccc1F)C(=O)N(C)C1(C#N)CCCCC1. The van der Waals surface area contributed by atoms with Gasteiger partial charge in [-0.25, -0.2) is 9.18 Å². The highest BCUT2D eigenvalue weighted by Crippen LogP contribution is 2.32. The molecule has 5 nitrogen and oxygen atoms in total. The second-order valence-corrected chi connectivity index (χ2v) is 6.54. The summed E-state index contributed by atoms with van der Waals surface area (Å²) in [7, 11) is 1.58. The zero-order valence-electron chi connectivity index (χ0n) is 15.1. The van der Waals surface area contributed by atoms with E-state index in [2.05, 4.69) is 6.07 Å². The van der Waals surface area contributed by atoms with Crippen LogP contribution >= 0.6 is 0 Å². The van der Waals surface area contributed by atoms with Crippen LogP contribution in [0.15, 0.2) is 30.3 Å². The van der Waals surface area contributed by atoms with Gasteiger partial charge in [-0.05, 0) is 31.9 Å². The number of amides is 1. The van der Waals surface area contributed by atoms with E-state index in [1.807, 2.05) is 0 Å². The fourth-order valence-corrected chi connectivity index (χ4v) is 3.17. The van der Waals surface area contributed by atoms with Crippen LogP contribution in [-0.4, -0.2) is 35.5 Å². The molecule has 0 aliphatic heterocycles. The van der Waals surface area contributed by atoms with E-state index >= 15 is 0 Å². The summed E-state index contributed by atoms with van der Waals surface area (Å²) in [5.74, 6) is -1.60. The van der Waals surface area contributed by atoms with Crippen molar-refractivity contribution in [3.8, 4) is 6.07 Å².